The molecule has 6 nitrogen and oxygen atoms in total. The Morgan fingerprint density at radius 1 is 1.07 bits per heavy atom. The molecule has 2 amide bonds. The summed E-state index contributed by atoms with van der Waals surface area (Å²) in [4.78, 5) is 26.9. The monoisotopic (exact) mass is 395 g/mol. The lowest BCUT2D eigenvalue weighted by Crippen LogP contribution is -2.41. The van der Waals surface area contributed by atoms with Crippen molar-refractivity contribution in [3.63, 3.8) is 0 Å². The number of nitrogens with zero attached hydrogens (tertiary/aromatic N) is 1. The van der Waals surface area contributed by atoms with E-state index < -0.39 is 11.8 Å². The van der Waals surface area contributed by atoms with Gasteiger partial charge in [-0.2, -0.15) is 0 Å². The average Bonchev–Trinajstić information content (AvgIpc) is 2.74. The van der Waals surface area contributed by atoms with Gasteiger partial charge in [0.05, 0.1) is 12.8 Å². The lowest BCUT2D eigenvalue weighted by molar-refractivity contribution is -0.136. The number of carbonyl (C=O) groups is 2. The Bertz CT molecular complexity index is 831. The van der Waals surface area contributed by atoms with E-state index in [0.717, 1.165) is 38.0 Å². The standard InChI is InChI=1S/C23H29N3O3/c1-17-8-9-21(29-2)20(14-17)25-23(28)22(27)24-15-18-10-12-26(13-11-18)16-19-6-4-3-5-7-19/h3-9,14,18H,10-13,15-16H2,1-2H3,(H,24,27)(H,25,28). The van der Waals surface area contributed by atoms with E-state index in [2.05, 4.69) is 39.8 Å². The number of carbonyl (C=O) groups excluding carboxylic acids is 2. The van der Waals surface area contributed by atoms with E-state index in [-0.39, 0.29) is 0 Å². The molecule has 0 radical (unpaired) electrons. The van der Waals surface area contributed by atoms with Gasteiger partial charge in [0.15, 0.2) is 0 Å². The molecule has 2 N–H and O–H groups in total. The normalized spacial score (nSPS) is 15.0. The molecule has 29 heavy (non-hydrogen) atoms. The van der Waals surface area contributed by atoms with E-state index in [0.29, 0.717) is 23.9 Å². The van der Waals surface area contributed by atoms with Crippen molar-refractivity contribution in [3.05, 3.63) is 59.7 Å². The highest BCUT2D eigenvalue weighted by atomic mass is 16.5. The number of rotatable bonds is 6. The third-order valence-electron chi connectivity index (χ3n) is 5.32. The molecule has 0 unspecified atom stereocenters. The zero-order valence-electron chi connectivity index (χ0n) is 17.1. The van der Waals surface area contributed by atoms with E-state index in [4.69, 9.17) is 4.74 Å². The minimum Gasteiger partial charge on any atom is -0.495 e. The maximum absolute atomic E-state index is 12.2. The molecule has 1 saturated heterocycles. The molecule has 0 atom stereocenters. The van der Waals surface area contributed by atoms with Crippen LogP contribution in [-0.4, -0.2) is 43.5 Å². The molecule has 3 rings (SSSR count). The van der Waals surface area contributed by atoms with Crippen molar-refractivity contribution in [2.45, 2.75) is 26.3 Å². The van der Waals surface area contributed by atoms with Crippen molar-refractivity contribution in [2.75, 3.05) is 32.1 Å². The van der Waals surface area contributed by atoms with Crippen LogP contribution >= 0.6 is 0 Å². The van der Waals surface area contributed by atoms with Gasteiger partial charge in [-0.05, 0) is 62.0 Å². The van der Waals surface area contributed by atoms with Gasteiger partial charge >= 0.3 is 11.8 Å². The smallest absolute Gasteiger partial charge is 0.313 e. The molecule has 6 heteroatoms. The lowest BCUT2D eigenvalue weighted by Gasteiger charge is -2.32. The fourth-order valence-electron chi connectivity index (χ4n) is 3.61. The Morgan fingerprint density at radius 2 is 1.79 bits per heavy atom. The SMILES string of the molecule is COc1ccc(C)cc1NC(=O)C(=O)NCC1CCN(Cc2ccccc2)CC1. The fraction of sp³-hybridized carbons (Fsp3) is 0.391. The maximum Gasteiger partial charge on any atom is 0.313 e. The van der Waals surface area contributed by atoms with Crippen LogP contribution in [0.2, 0.25) is 0 Å². The van der Waals surface area contributed by atoms with Gasteiger partial charge < -0.3 is 15.4 Å². The van der Waals surface area contributed by atoms with E-state index in [1.807, 2.05) is 19.1 Å². The van der Waals surface area contributed by atoms with Gasteiger partial charge in [0.2, 0.25) is 0 Å². The van der Waals surface area contributed by atoms with Gasteiger partial charge in [0.25, 0.3) is 0 Å². The highest BCUT2D eigenvalue weighted by Crippen LogP contribution is 2.25. The highest BCUT2D eigenvalue weighted by Gasteiger charge is 2.22. The molecule has 0 aliphatic carbocycles. The highest BCUT2D eigenvalue weighted by molar-refractivity contribution is 6.39. The molecule has 0 bridgehead atoms. The Hall–Kier alpha value is -2.86. The van der Waals surface area contributed by atoms with Crippen molar-refractivity contribution < 1.29 is 14.3 Å². The van der Waals surface area contributed by atoms with E-state index in [1.165, 1.54) is 12.7 Å². The van der Waals surface area contributed by atoms with Crippen LogP contribution in [0.1, 0.15) is 24.0 Å². The molecule has 1 aliphatic rings. The Balaban J connectivity index is 1.42. The Kier molecular flexibility index (Phi) is 7.25. The number of methoxy groups -OCH3 is 1. The minimum atomic E-state index is -0.671. The summed E-state index contributed by atoms with van der Waals surface area (Å²) in [5, 5.41) is 5.42. The summed E-state index contributed by atoms with van der Waals surface area (Å²) in [5.74, 6) is -0.356. The number of ether oxygens (including phenoxy) is 1. The second-order valence-electron chi connectivity index (χ2n) is 7.57. The number of amides is 2. The maximum atomic E-state index is 12.2. The fourth-order valence-corrected chi connectivity index (χ4v) is 3.61. The summed E-state index contributed by atoms with van der Waals surface area (Å²) < 4.78 is 5.24. The number of likely N-dealkylation sites (tertiary alicyclic amines) is 1. The van der Waals surface area contributed by atoms with Crippen LogP contribution in [-0.2, 0) is 16.1 Å². The number of benzene rings is 2. The number of anilines is 1. The second kappa shape index (κ2) is 10.1. The Labute approximate surface area is 172 Å². The molecule has 1 aliphatic heterocycles. The van der Waals surface area contributed by atoms with Crippen LogP contribution in [0, 0.1) is 12.8 Å². The largest absolute Gasteiger partial charge is 0.495 e. The number of aryl methyl sites for hydroxylation is 1. The van der Waals surface area contributed by atoms with Gasteiger partial charge in [-0.1, -0.05) is 36.4 Å². The van der Waals surface area contributed by atoms with Crippen molar-refractivity contribution >= 4 is 17.5 Å². The van der Waals surface area contributed by atoms with Crippen LogP contribution in [0.4, 0.5) is 5.69 Å². The molecule has 0 saturated carbocycles. The molecule has 0 aromatic heterocycles. The zero-order valence-corrected chi connectivity index (χ0v) is 17.1. The first-order chi connectivity index (χ1) is 14.0. The molecule has 1 fully saturated rings. The summed E-state index contributed by atoms with van der Waals surface area (Å²) in [7, 11) is 1.53. The molecule has 2 aromatic rings. The van der Waals surface area contributed by atoms with Gasteiger partial charge in [-0.3, -0.25) is 14.5 Å². The van der Waals surface area contributed by atoms with Gasteiger partial charge in [0.1, 0.15) is 5.75 Å². The van der Waals surface area contributed by atoms with Crippen molar-refractivity contribution in [3.8, 4) is 5.75 Å². The van der Waals surface area contributed by atoms with Crippen LogP contribution < -0.4 is 15.4 Å². The number of nitrogens with one attached hydrogen (secondary N) is 2. The van der Waals surface area contributed by atoms with Crippen molar-refractivity contribution in [2.24, 2.45) is 5.92 Å². The topological polar surface area (TPSA) is 70.7 Å². The number of piperidine rings is 1. The van der Waals surface area contributed by atoms with Gasteiger partial charge in [-0.15, -0.1) is 0 Å². The molecular formula is C23H29N3O3. The van der Waals surface area contributed by atoms with Crippen LogP contribution in [0.3, 0.4) is 0 Å². The molecular weight excluding hydrogens is 366 g/mol. The average molecular weight is 396 g/mol. The van der Waals surface area contributed by atoms with E-state index in [1.54, 1.807) is 12.1 Å². The van der Waals surface area contributed by atoms with Crippen LogP contribution in [0.15, 0.2) is 48.5 Å². The molecule has 2 aromatic carbocycles. The third kappa shape index (κ3) is 6.06. The van der Waals surface area contributed by atoms with Gasteiger partial charge in [-0.25, -0.2) is 0 Å². The summed E-state index contributed by atoms with van der Waals surface area (Å²) in [6.07, 6.45) is 2.03. The Morgan fingerprint density at radius 3 is 2.48 bits per heavy atom. The summed E-state index contributed by atoms with van der Waals surface area (Å²) in [6, 6.07) is 15.9. The van der Waals surface area contributed by atoms with Crippen molar-refractivity contribution in [1.82, 2.24) is 10.2 Å². The summed E-state index contributed by atoms with van der Waals surface area (Å²) >= 11 is 0. The number of hydrogen-bond donors (Lipinski definition) is 2. The quantitative estimate of drug-likeness (QED) is 0.738. The van der Waals surface area contributed by atoms with E-state index in [9.17, 15) is 9.59 Å². The predicted molar refractivity (Wildman–Crippen MR) is 114 cm³/mol. The van der Waals surface area contributed by atoms with Gasteiger partial charge in [0, 0.05) is 13.1 Å². The first-order valence-corrected chi connectivity index (χ1v) is 10.0. The van der Waals surface area contributed by atoms with Crippen LogP contribution in [0.25, 0.3) is 0 Å². The van der Waals surface area contributed by atoms with Crippen molar-refractivity contribution in [1.29, 1.82) is 0 Å². The van der Waals surface area contributed by atoms with E-state index >= 15 is 0 Å². The number of hydrogen-bond acceptors (Lipinski definition) is 4. The summed E-state index contributed by atoms with van der Waals surface area (Å²) in [6.45, 7) is 5.40. The molecule has 0 spiro atoms. The van der Waals surface area contributed by atoms with Crippen LogP contribution in [0.5, 0.6) is 5.75 Å². The first kappa shape index (κ1) is 20.9. The molecule has 1 heterocycles. The summed E-state index contributed by atoms with van der Waals surface area (Å²) in [5.41, 5.74) is 2.80. The predicted octanol–water partition coefficient (Wildman–Crippen LogP) is 2.97. The molecule has 154 valence electrons. The minimum absolute atomic E-state index is 0.396. The second-order valence-corrected chi connectivity index (χ2v) is 7.57. The first-order valence-electron chi connectivity index (χ1n) is 10.0. The lowest BCUT2D eigenvalue weighted by atomic mass is 9.96. The zero-order chi connectivity index (χ0) is 20.6. The third-order valence-corrected chi connectivity index (χ3v) is 5.32.